The number of morpholine rings is 1. The fourth-order valence-electron chi connectivity index (χ4n) is 4.95. The number of methoxy groups -OCH3 is 1. The lowest BCUT2D eigenvalue weighted by molar-refractivity contribution is 0.0208. The van der Waals surface area contributed by atoms with E-state index in [1.807, 2.05) is 43.3 Å². The first-order valence-electron chi connectivity index (χ1n) is 13.5. The van der Waals surface area contributed by atoms with Crippen LogP contribution >= 0.6 is 0 Å². The summed E-state index contributed by atoms with van der Waals surface area (Å²) in [7, 11) is 1.32. The van der Waals surface area contributed by atoms with E-state index in [1.54, 1.807) is 30.3 Å². The normalized spacial score (nSPS) is 14.3. The molecule has 0 bridgehead atoms. The first-order chi connectivity index (χ1) is 19.9. The van der Waals surface area contributed by atoms with Gasteiger partial charge in [-0.05, 0) is 42.8 Å². The number of aromatic nitrogens is 1. The van der Waals surface area contributed by atoms with Crippen molar-refractivity contribution < 1.29 is 28.9 Å². The van der Waals surface area contributed by atoms with Crippen molar-refractivity contribution in [2.24, 2.45) is 4.99 Å². The Morgan fingerprint density at radius 3 is 2.54 bits per heavy atom. The number of ether oxygens (including phenoxy) is 3. The predicted molar refractivity (Wildman–Crippen MR) is 157 cm³/mol. The number of Topliss-reactive ketones (excluding diaryl/α,β-unsaturated/α-hetero) is 1. The van der Waals surface area contributed by atoms with Crippen LogP contribution in [0.15, 0.2) is 71.7 Å². The maximum atomic E-state index is 12.9. The molecule has 3 aromatic carbocycles. The minimum Gasteiger partial charge on any atom is -0.494 e. The van der Waals surface area contributed by atoms with Crippen LogP contribution in [0.5, 0.6) is 5.88 Å². The summed E-state index contributed by atoms with van der Waals surface area (Å²) in [5, 5.41) is 11.7. The minimum atomic E-state index is -0.466. The van der Waals surface area contributed by atoms with Crippen molar-refractivity contribution in [1.29, 1.82) is 0 Å². The Hall–Kier alpha value is -4.31. The third-order valence-corrected chi connectivity index (χ3v) is 7.12. The van der Waals surface area contributed by atoms with Crippen LogP contribution < -0.4 is 0 Å². The lowest BCUT2D eigenvalue weighted by Gasteiger charge is -2.26. The van der Waals surface area contributed by atoms with E-state index in [0.29, 0.717) is 45.6 Å². The largest absolute Gasteiger partial charge is 0.494 e. The third kappa shape index (κ3) is 6.54. The molecular formula is C32H33N3O6. The molecular weight excluding hydrogens is 522 g/mol. The number of hydrogen-bond donors (Lipinski definition) is 2. The summed E-state index contributed by atoms with van der Waals surface area (Å²) in [4.78, 5) is 35.1. The van der Waals surface area contributed by atoms with Gasteiger partial charge in [-0.3, -0.25) is 9.69 Å². The maximum Gasteiger partial charge on any atom is 0.337 e. The average molecular weight is 556 g/mol. The molecule has 9 heteroatoms. The average Bonchev–Trinajstić information content (AvgIpc) is 3.33. The highest BCUT2D eigenvalue weighted by Crippen LogP contribution is 2.32. The molecule has 1 aliphatic rings. The van der Waals surface area contributed by atoms with Gasteiger partial charge in [-0.1, -0.05) is 36.4 Å². The van der Waals surface area contributed by atoms with Crippen molar-refractivity contribution >= 4 is 34.1 Å². The molecule has 0 amide bonds. The second-order valence-electron chi connectivity index (χ2n) is 9.86. The van der Waals surface area contributed by atoms with Gasteiger partial charge in [0.05, 0.1) is 49.5 Å². The highest BCUT2D eigenvalue weighted by Gasteiger charge is 2.20. The number of esters is 1. The Balaban J connectivity index is 1.40. The Kier molecular flexibility index (Phi) is 8.88. The number of aliphatic imine (C=N–C) groups is 1. The van der Waals surface area contributed by atoms with Crippen LogP contribution in [0.4, 0.5) is 5.69 Å². The summed E-state index contributed by atoms with van der Waals surface area (Å²) < 4.78 is 15.9. The Morgan fingerprint density at radius 2 is 1.80 bits per heavy atom. The predicted octanol–water partition coefficient (Wildman–Crippen LogP) is 4.67. The van der Waals surface area contributed by atoms with E-state index in [-0.39, 0.29) is 18.3 Å². The number of aryl methyl sites for hydroxylation is 1. The van der Waals surface area contributed by atoms with E-state index in [4.69, 9.17) is 19.2 Å². The molecule has 212 valence electrons. The van der Waals surface area contributed by atoms with Crippen molar-refractivity contribution in [3.8, 4) is 5.88 Å². The zero-order chi connectivity index (χ0) is 28.8. The van der Waals surface area contributed by atoms with Gasteiger partial charge in [0.1, 0.15) is 6.61 Å². The van der Waals surface area contributed by atoms with E-state index in [1.165, 1.54) is 7.11 Å². The number of rotatable bonds is 10. The molecule has 2 heterocycles. The fourth-order valence-corrected chi connectivity index (χ4v) is 4.95. The lowest BCUT2D eigenvalue weighted by Crippen LogP contribution is -2.38. The molecule has 5 rings (SSSR count). The first kappa shape index (κ1) is 28.2. The molecule has 0 aliphatic carbocycles. The molecule has 4 aromatic rings. The molecule has 1 aliphatic heterocycles. The van der Waals surface area contributed by atoms with Crippen LogP contribution in [0.25, 0.3) is 10.9 Å². The van der Waals surface area contributed by atoms with Crippen molar-refractivity contribution in [2.75, 3.05) is 53.2 Å². The fraction of sp³-hybridized carbons (Fsp3) is 0.281. The SMILES string of the molecule is COC(=O)c1ccc2c(C(=Nc3ccc(C(=O)COCCN4CCOCC4)c(C)c3)c3ccccc3)c(O)[nH]c2c1. The van der Waals surface area contributed by atoms with Crippen LogP contribution in [0.1, 0.15) is 37.4 Å². The highest BCUT2D eigenvalue weighted by molar-refractivity contribution is 6.22. The van der Waals surface area contributed by atoms with Crippen molar-refractivity contribution in [3.05, 3.63) is 94.5 Å². The van der Waals surface area contributed by atoms with Crippen LogP contribution in [-0.2, 0) is 14.2 Å². The molecule has 1 fully saturated rings. The summed E-state index contributed by atoms with van der Waals surface area (Å²) in [6.45, 7) is 6.38. The molecule has 0 saturated carbocycles. The van der Waals surface area contributed by atoms with Gasteiger partial charge in [0.25, 0.3) is 0 Å². The molecule has 0 radical (unpaired) electrons. The van der Waals surface area contributed by atoms with Gasteiger partial charge in [0.15, 0.2) is 11.7 Å². The number of hydrogen-bond acceptors (Lipinski definition) is 8. The molecule has 0 atom stereocenters. The van der Waals surface area contributed by atoms with Crippen molar-refractivity contribution in [1.82, 2.24) is 9.88 Å². The van der Waals surface area contributed by atoms with E-state index in [0.717, 1.165) is 44.0 Å². The lowest BCUT2D eigenvalue weighted by atomic mass is 9.99. The van der Waals surface area contributed by atoms with Gasteiger partial charge in [-0.15, -0.1) is 0 Å². The summed E-state index contributed by atoms with van der Waals surface area (Å²) in [6.07, 6.45) is 0. The van der Waals surface area contributed by atoms with Crippen LogP contribution in [0.2, 0.25) is 0 Å². The molecule has 41 heavy (non-hydrogen) atoms. The third-order valence-electron chi connectivity index (χ3n) is 7.12. The second kappa shape index (κ2) is 12.9. The quantitative estimate of drug-likeness (QED) is 0.127. The number of carbonyl (C=O) groups is 2. The van der Waals surface area contributed by atoms with E-state index >= 15 is 0 Å². The first-order valence-corrected chi connectivity index (χ1v) is 13.5. The summed E-state index contributed by atoms with van der Waals surface area (Å²) >= 11 is 0. The number of carbonyl (C=O) groups excluding carboxylic acids is 2. The topological polar surface area (TPSA) is 113 Å². The maximum absolute atomic E-state index is 12.9. The molecule has 9 nitrogen and oxygen atoms in total. The summed E-state index contributed by atoms with van der Waals surface area (Å²) in [5.74, 6) is -0.617. The minimum absolute atomic E-state index is 0.0137. The monoisotopic (exact) mass is 555 g/mol. The Labute approximate surface area is 238 Å². The number of fused-ring (bicyclic) bond motifs is 1. The number of ketones is 1. The van der Waals surface area contributed by atoms with Gasteiger partial charge in [0.2, 0.25) is 0 Å². The van der Waals surface area contributed by atoms with E-state index in [2.05, 4.69) is 9.88 Å². The molecule has 0 unspecified atom stereocenters. The number of nitrogens with zero attached hydrogens (tertiary/aromatic N) is 2. The van der Waals surface area contributed by atoms with Gasteiger partial charge >= 0.3 is 5.97 Å². The van der Waals surface area contributed by atoms with Crippen molar-refractivity contribution in [2.45, 2.75) is 6.92 Å². The van der Waals surface area contributed by atoms with E-state index < -0.39 is 5.97 Å². The van der Waals surface area contributed by atoms with Crippen LogP contribution in [-0.4, -0.2) is 85.6 Å². The van der Waals surface area contributed by atoms with Gasteiger partial charge in [-0.2, -0.15) is 0 Å². The number of aromatic hydroxyl groups is 1. The molecule has 0 spiro atoms. The smallest absolute Gasteiger partial charge is 0.337 e. The van der Waals surface area contributed by atoms with Crippen LogP contribution in [0, 0.1) is 6.92 Å². The van der Waals surface area contributed by atoms with Crippen molar-refractivity contribution in [3.63, 3.8) is 0 Å². The van der Waals surface area contributed by atoms with Gasteiger partial charge in [-0.25, -0.2) is 9.79 Å². The molecule has 1 saturated heterocycles. The van der Waals surface area contributed by atoms with Gasteiger partial charge in [0, 0.05) is 41.7 Å². The number of nitrogens with one attached hydrogen (secondary N) is 1. The van der Waals surface area contributed by atoms with E-state index in [9.17, 15) is 14.7 Å². The number of H-pyrrole nitrogens is 1. The standard InChI is InChI=1S/C32H33N3O6/c1-21-18-24(9-11-25(21)28(36)20-41-17-14-35-12-15-40-16-13-35)33-30(22-6-4-3-5-7-22)29-26-10-8-23(32(38)39-2)19-27(26)34-31(29)37/h3-11,18-19,34,37H,12-17,20H2,1-2H3. The number of benzene rings is 3. The Morgan fingerprint density at radius 1 is 1.02 bits per heavy atom. The zero-order valence-corrected chi connectivity index (χ0v) is 23.2. The summed E-state index contributed by atoms with van der Waals surface area (Å²) in [5.41, 5.74) is 4.80. The molecule has 1 aromatic heterocycles. The van der Waals surface area contributed by atoms with Gasteiger partial charge < -0.3 is 24.3 Å². The highest BCUT2D eigenvalue weighted by atomic mass is 16.5. The number of aromatic amines is 1. The zero-order valence-electron chi connectivity index (χ0n) is 23.2. The summed E-state index contributed by atoms with van der Waals surface area (Å²) in [6, 6.07) is 20.0. The van der Waals surface area contributed by atoms with Crippen LogP contribution in [0.3, 0.4) is 0 Å². The molecule has 2 N–H and O–H groups in total. The Bertz CT molecular complexity index is 1570. The second-order valence-corrected chi connectivity index (χ2v) is 9.86.